The average Bonchev–Trinajstić information content (AvgIpc) is 2.04. The molecule has 0 radical (unpaired) electrons. The second kappa shape index (κ2) is 3.53. The Labute approximate surface area is 66.6 Å². The topological polar surface area (TPSA) is 55.1 Å². The molecule has 0 bridgehead atoms. The van der Waals surface area contributed by atoms with Gasteiger partial charge in [0.15, 0.2) is 0 Å². The highest BCUT2D eigenvalue weighted by atomic mass is 16.1. The lowest BCUT2D eigenvalue weighted by Crippen LogP contribution is -2.41. The molecule has 0 heterocycles. The van der Waals surface area contributed by atoms with Gasteiger partial charge in [-0.2, -0.15) is 0 Å². The summed E-state index contributed by atoms with van der Waals surface area (Å²) in [5.74, 6) is -0.223. The number of primary amides is 1. The summed E-state index contributed by atoms with van der Waals surface area (Å²) in [4.78, 5) is 10.9. The Kier molecular flexibility index (Phi) is 2.65. The molecule has 2 atom stereocenters. The Hall–Kier alpha value is -0.830. The molecule has 0 saturated carbocycles. The molecule has 0 saturated heterocycles. The minimum Gasteiger partial charge on any atom is -0.369 e. The lowest BCUT2D eigenvalue weighted by Gasteiger charge is -2.25. The standard InChI is InChI=1S/C8H14N2O/c1-10-7-5-3-2-4-6(7)8(9)11/h2-3,6-7,10H,4-5H2,1H3,(H2,9,11)/t6-,7+/m0/s1. The lowest BCUT2D eigenvalue weighted by molar-refractivity contribution is -0.122. The van der Waals surface area contributed by atoms with Gasteiger partial charge < -0.3 is 11.1 Å². The first-order valence-corrected chi connectivity index (χ1v) is 3.87. The molecule has 3 N–H and O–H groups in total. The number of hydrogen-bond donors (Lipinski definition) is 2. The monoisotopic (exact) mass is 154 g/mol. The number of nitrogens with one attached hydrogen (secondary N) is 1. The lowest BCUT2D eigenvalue weighted by atomic mass is 9.89. The quantitative estimate of drug-likeness (QED) is 0.551. The predicted molar refractivity (Wildman–Crippen MR) is 43.9 cm³/mol. The van der Waals surface area contributed by atoms with Crippen molar-refractivity contribution < 1.29 is 4.79 Å². The molecule has 1 amide bonds. The predicted octanol–water partition coefficient (Wildman–Crippen LogP) is 0.0259. The normalized spacial score (nSPS) is 30.3. The van der Waals surface area contributed by atoms with Crippen LogP contribution in [0, 0.1) is 5.92 Å². The number of nitrogens with two attached hydrogens (primary N) is 1. The Morgan fingerprint density at radius 3 is 2.64 bits per heavy atom. The molecule has 11 heavy (non-hydrogen) atoms. The number of allylic oxidation sites excluding steroid dienone is 1. The molecule has 0 unspecified atom stereocenters. The first kappa shape index (κ1) is 8.27. The van der Waals surface area contributed by atoms with Crippen molar-refractivity contribution in [3.63, 3.8) is 0 Å². The molecule has 0 aliphatic heterocycles. The maximum atomic E-state index is 10.9. The summed E-state index contributed by atoms with van der Waals surface area (Å²) in [6, 6.07) is 0.234. The van der Waals surface area contributed by atoms with Crippen molar-refractivity contribution in [3.8, 4) is 0 Å². The first-order valence-electron chi connectivity index (χ1n) is 3.87. The van der Waals surface area contributed by atoms with E-state index in [1.807, 2.05) is 13.1 Å². The highest BCUT2D eigenvalue weighted by Gasteiger charge is 2.25. The van der Waals surface area contributed by atoms with Gasteiger partial charge >= 0.3 is 0 Å². The summed E-state index contributed by atoms with van der Waals surface area (Å²) in [7, 11) is 1.86. The highest BCUT2D eigenvalue weighted by molar-refractivity contribution is 5.77. The Morgan fingerprint density at radius 1 is 1.55 bits per heavy atom. The third kappa shape index (κ3) is 1.80. The molecule has 62 valence electrons. The molecule has 0 aromatic carbocycles. The van der Waals surface area contributed by atoms with E-state index < -0.39 is 0 Å². The van der Waals surface area contributed by atoms with E-state index in [1.54, 1.807) is 0 Å². The SMILES string of the molecule is CN[C@@H]1CC=CC[C@@H]1C(N)=O. The first-order chi connectivity index (χ1) is 5.25. The fourth-order valence-corrected chi connectivity index (χ4v) is 1.45. The molecule has 0 aromatic rings. The fraction of sp³-hybridized carbons (Fsp3) is 0.625. The highest BCUT2D eigenvalue weighted by Crippen LogP contribution is 2.17. The number of amides is 1. The summed E-state index contributed by atoms with van der Waals surface area (Å²) >= 11 is 0. The largest absolute Gasteiger partial charge is 0.369 e. The molecular formula is C8H14N2O. The molecular weight excluding hydrogens is 140 g/mol. The van der Waals surface area contributed by atoms with Crippen molar-refractivity contribution in [3.05, 3.63) is 12.2 Å². The van der Waals surface area contributed by atoms with Crippen molar-refractivity contribution in [1.29, 1.82) is 0 Å². The summed E-state index contributed by atoms with van der Waals surface area (Å²) < 4.78 is 0. The second-order valence-corrected chi connectivity index (χ2v) is 2.85. The van der Waals surface area contributed by atoms with Crippen LogP contribution in [-0.4, -0.2) is 19.0 Å². The van der Waals surface area contributed by atoms with Gasteiger partial charge in [-0.25, -0.2) is 0 Å². The Bertz CT molecular complexity index is 177. The maximum absolute atomic E-state index is 10.9. The third-order valence-electron chi connectivity index (χ3n) is 2.17. The minimum atomic E-state index is -0.200. The summed E-state index contributed by atoms with van der Waals surface area (Å²) in [6.07, 6.45) is 5.79. The van der Waals surface area contributed by atoms with Crippen LogP contribution in [0.25, 0.3) is 0 Å². The number of hydrogen-bond acceptors (Lipinski definition) is 2. The van der Waals surface area contributed by atoms with Gasteiger partial charge in [-0.1, -0.05) is 12.2 Å². The van der Waals surface area contributed by atoms with Crippen molar-refractivity contribution in [2.75, 3.05) is 7.05 Å². The van der Waals surface area contributed by atoms with Gasteiger partial charge in [-0.3, -0.25) is 4.79 Å². The second-order valence-electron chi connectivity index (χ2n) is 2.85. The van der Waals surface area contributed by atoms with E-state index in [1.165, 1.54) is 0 Å². The van der Waals surface area contributed by atoms with Crippen LogP contribution < -0.4 is 11.1 Å². The summed E-state index contributed by atoms with van der Waals surface area (Å²) in [5.41, 5.74) is 5.22. The Balaban J connectivity index is 2.61. The molecule has 0 fully saturated rings. The van der Waals surface area contributed by atoms with Gasteiger partial charge in [0.1, 0.15) is 0 Å². The van der Waals surface area contributed by atoms with Crippen LogP contribution in [0.1, 0.15) is 12.8 Å². The maximum Gasteiger partial charge on any atom is 0.222 e. The average molecular weight is 154 g/mol. The van der Waals surface area contributed by atoms with Gasteiger partial charge in [0.05, 0.1) is 5.92 Å². The molecule has 1 aliphatic rings. The zero-order valence-corrected chi connectivity index (χ0v) is 6.71. The van der Waals surface area contributed by atoms with Gasteiger partial charge in [-0.15, -0.1) is 0 Å². The van der Waals surface area contributed by atoms with E-state index in [-0.39, 0.29) is 17.9 Å². The zero-order valence-electron chi connectivity index (χ0n) is 6.71. The van der Waals surface area contributed by atoms with Crippen LogP contribution in [0.2, 0.25) is 0 Å². The van der Waals surface area contributed by atoms with Crippen LogP contribution >= 0.6 is 0 Å². The van der Waals surface area contributed by atoms with Crippen molar-refractivity contribution >= 4 is 5.91 Å². The fourth-order valence-electron chi connectivity index (χ4n) is 1.45. The van der Waals surface area contributed by atoms with Crippen molar-refractivity contribution in [2.45, 2.75) is 18.9 Å². The van der Waals surface area contributed by atoms with E-state index in [2.05, 4.69) is 11.4 Å². The van der Waals surface area contributed by atoms with Crippen LogP contribution in [0.5, 0.6) is 0 Å². The van der Waals surface area contributed by atoms with E-state index in [0.29, 0.717) is 0 Å². The van der Waals surface area contributed by atoms with E-state index >= 15 is 0 Å². The number of carbonyl (C=O) groups is 1. The van der Waals surface area contributed by atoms with Crippen LogP contribution in [0.3, 0.4) is 0 Å². The van der Waals surface area contributed by atoms with E-state index in [0.717, 1.165) is 12.8 Å². The van der Waals surface area contributed by atoms with E-state index in [9.17, 15) is 4.79 Å². The Morgan fingerprint density at radius 2 is 2.18 bits per heavy atom. The van der Waals surface area contributed by atoms with Crippen LogP contribution in [0.15, 0.2) is 12.2 Å². The van der Waals surface area contributed by atoms with E-state index in [4.69, 9.17) is 5.73 Å². The van der Waals surface area contributed by atoms with Gasteiger partial charge in [0, 0.05) is 6.04 Å². The molecule has 1 rings (SSSR count). The summed E-state index contributed by atoms with van der Waals surface area (Å²) in [5, 5.41) is 3.08. The van der Waals surface area contributed by atoms with Gasteiger partial charge in [-0.05, 0) is 19.9 Å². The molecule has 3 heteroatoms. The molecule has 3 nitrogen and oxygen atoms in total. The number of rotatable bonds is 2. The van der Waals surface area contributed by atoms with Gasteiger partial charge in [0.25, 0.3) is 0 Å². The van der Waals surface area contributed by atoms with Crippen LogP contribution in [0.4, 0.5) is 0 Å². The van der Waals surface area contributed by atoms with Gasteiger partial charge in [0.2, 0.25) is 5.91 Å². The van der Waals surface area contributed by atoms with Crippen LogP contribution in [-0.2, 0) is 4.79 Å². The number of carbonyl (C=O) groups excluding carboxylic acids is 1. The molecule has 1 aliphatic carbocycles. The third-order valence-corrected chi connectivity index (χ3v) is 2.17. The zero-order chi connectivity index (χ0) is 8.27. The van der Waals surface area contributed by atoms with Crippen molar-refractivity contribution in [1.82, 2.24) is 5.32 Å². The van der Waals surface area contributed by atoms with Crippen molar-refractivity contribution in [2.24, 2.45) is 11.7 Å². The molecule has 0 spiro atoms. The molecule has 0 aromatic heterocycles. The minimum absolute atomic E-state index is 0.0231. The summed E-state index contributed by atoms with van der Waals surface area (Å²) in [6.45, 7) is 0. The smallest absolute Gasteiger partial charge is 0.222 e.